The fourth-order valence-corrected chi connectivity index (χ4v) is 3.22. The molecule has 1 saturated heterocycles. The van der Waals surface area contributed by atoms with E-state index in [1.807, 2.05) is 26.0 Å². The van der Waals surface area contributed by atoms with Gasteiger partial charge in [-0.2, -0.15) is 0 Å². The molecule has 22 heavy (non-hydrogen) atoms. The molecule has 1 N–H and O–H groups in total. The number of hydrogen-bond acceptors (Lipinski definition) is 3. The molecule has 2 aromatic rings. The number of ether oxygens (including phenoxy) is 1. The average Bonchev–Trinajstić information content (AvgIpc) is 2.46. The maximum atomic E-state index is 12.7. The number of halogens is 1. The highest BCUT2D eigenvalue weighted by atomic mass is 79.9. The van der Waals surface area contributed by atoms with Gasteiger partial charge in [0.2, 0.25) is 5.43 Å². The van der Waals surface area contributed by atoms with Gasteiger partial charge in [-0.1, -0.05) is 15.9 Å². The van der Waals surface area contributed by atoms with Crippen LogP contribution in [0.15, 0.2) is 33.7 Å². The molecule has 6 heteroatoms. The first-order valence-electron chi connectivity index (χ1n) is 7.21. The van der Waals surface area contributed by atoms with Crippen LogP contribution in [0.5, 0.6) is 0 Å². The zero-order chi connectivity index (χ0) is 15.9. The van der Waals surface area contributed by atoms with Gasteiger partial charge in [0.1, 0.15) is 5.56 Å². The number of H-pyrrole nitrogens is 1. The van der Waals surface area contributed by atoms with Crippen LogP contribution in [0, 0.1) is 0 Å². The second kappa shape index (κ2) is 5.85. The number of fused-ring (bicyclic) bond motifs is 1. The minimum Gasteiger partial charge on any atom is -0.372 e. The highest BCUT2D eigenvalue weighted by Gasteiger charge is 2.28. The van der Waals surface area contributed by atoms with Gasteiger partial charge in [-0.05, 0) is 32.0 Å². The van der Waals surface area contributed by atoms with Crippen LogP contribution in [0.25, 0.3) is 10.9 Å². The van der Waals surface area contributed by atoms with Crippen LogP contribution in [0.3, 0.4) is 0 Å². The van der Waals surface area contributed by atoms with E-state index in [4.69, 9.17) is 4.74 Å². The zero-order valence-corrected chi connectivity index (χ0v) is 14.0. The molecule has 1 aromatic heterocycles. The lowest BCUT2D eigenvalue weighted by Crippen LogP contribution is -2.49. The van der Waals surface area contributed by atoms with Crippen molar-refractivity contribution in [3.63, 3.8) is 0 Å². The standard InChI is InChI=1S/C16H17BrN2O3/c1-9-7-19(8-10(2)22-9)16(21)13-6-18-14-4-3-11(17)5-12(14)15(13)20/h3-6,9-10H,7-8H2,1-2H3,(H,18,20)/t9-,10+. The second-order valence-electron chi connectivity index (χ2n) is 5.69. The number of pyridine rings is 1. The number of carbonyl (C=O) groups is 1. The summed E-state index contributed by atoms with van der Waals surface area (Å²) in [6.07, 6.45) is 1.45. The molecule has 2 atom stereocenters. The van der Waals surface area contributed by atoms with Crippen LogP contribution in [0.4, 0.5) is 0 Å². The summed E-state index contributed by atoms with van der Waals surface area (Å²) in [7, 11) is 0. The maximum absolute atomic E-state index is 12.7. The van der Waals surface area contributed by atoms with Crippen LogP contribution in [-0.4, -0.2) is 41.1 Å². The fraction of sp³-hybridized carbons (Fsp3) is 0.375. The molecule has 1 aromatic carbocycles. The number of aromatic nitrogens is 1. The van der Waals surface area contributed by atoms with Gasteiger partial charge in [-0.3, -0.25) is 9.59 Å². The van der Waals surface area contributed by atoms with Gasteiger partial charge >= 0.3 is 0 Å². The van der Waals surface area contributed by atoms with E-state index in [0.717, 1.165) is 4.47 Å². The normalized spacial score (nSPS) is 22.0. The molecule has 0 unspecified atom stereocenters. The van der Waals surface area contributed by atoms with E-state index in [1.165, 1.54) is 6.20 Å². The summed E-state index contributed by atoms with van der Waals surface area (Å²) in [5, 5.41) is 0.509. The van der Waals surface area contributed by atoms with Crippen molar-refractivity contribution in [3.05, 3.63) is 44.7 Å². The molecule has 0 saturated carbocycles. The summed E-state index contributed by atoms with van der Waals surface area (Å²) >= 11 is 3.36. The van der Waals surface area contributed by atoms with Crippen molar-refractivity contribution in [2.24, 2.45) is 0 Å². The third kappa shape index (κ3) is 2.80. The molecule has 1 aliphatic heterocycles. The Hall–Kier alpha value is -1.66. The molecular weight excluding hydrogens is 348 g/mol. The SMILES string of the molecule is C[C@@H]1CN(C(=O)c2c[nH]c3ccc(Br)cc3c2=O)C[C@H](C)O1. The Morgan fingerprint density at radius 2 is 2.00 bits per heavy atom. The van der Waals surface area contributed by atoms with Gasteiger partial charge in [0.05, 0.1) is 12.2 Å². The Morgan fingerprint density at radius 3 is 2.68 bits per heavy atom. The second-order valence-corrected chi connectivity index (χ2v) is 6.60. The molecule has 116 valence electrons. The molecule has 5 nitrogen and oxygen atoms in total. The first-order valence-corrected chi connectivity index (χ1v) is 8.00. The third-order valence-electron chi connectivity index (χ3n) is 3.78. The summed E-state index contributed by atoms with van der Waals surface area (Å²) in [6, 6.07) is 5.40. The number of hydrogen-bond donors (Lipinski definition) is 1. The first-order chi connectivity index (χ1) is 10.5. The molecule has 0 aliphatic carbocycles. The van der Waals surface area contributed by atoms with E-state index < -0.39 is 0 Å². The molecular formula is C16H17BrN2O3. The smallest absolute Gasteiger partial charge is 0.259 e. The summed E-state index contributed by atoms with van der Waals surface area (Å²) in [6.45, 7) is 4.85. The first kappa shape index (κ1) is 15.2. The molecule has 0 radical (unpaired) electrons. The van der Waals surface area contributed by atoms with Gasteiger partial charge in [-0.25, -0.2) is 0 Å². The van der Waals surface area contributed by atoms with Crippen LogP contribution in [0.1, 0.15) is 24.2 Å². The summed E-state index contributed by atoms with van der Waals surface area (Å²) in [5.41, 5.74) is 0.646. The molecule has 3 rings (SSSR count). The summed E-state index contributed by atoms with van der Waals surface area (Å²) in [5.74, 6) is -0.245. The van der Waals surface area contributed by atoms with Gasteiger partial charge < -0.3 is 14.6 Å². The van der Waals surface area contributed by atoms with E-state index >= 15 is 0 Å². The number of rotatable bonds is 1. The molecule has 1 fully saturated rings. The van der Waals surface area contributed by atoms with E-state index in [9.17, 15) is 9.59 Å². The quantitative estimate of drug-likeness (QED) is 0.845. The van der Waals surface area contributed by atoms with Crippen molar-refractivity contribution in [1.29, 1.82) is 0 Å². The van der Waals surface area contributed by atoms with Crippen molar-refractivity contribution in [2.75, 3.05) is 13.1 Å². The highest BCUT2D eigenvalue weighted by Crippen LogP contribution is 2.17. The lowest BCUT2D eigenvalue weighted by atomic mass is 10.1. The number of morpholine rings is 1. The van der Waals surface area contributed by atoms with Crippen molar-refractivity contribution >= 4 is 32.7 Å². The zero-order valence-electron chi connectivity index (χ0n) is 12.4. The van der Waals surface area contributed by atoms with Gasteiger partial charge in [-0.15, -0.1) is 0 Å². The Kier molecular flexibility index (Phi) is 4.06. The average molecular weight is 365 g/mol. The Labute approximate surface area is 136 Å². The monoisotopic (exact) mass is 364 g/mol. The van der Waals surface area contributed by atoms with E-state index in [0.29, 0.717) is 24.0 Å². The van der Waals surface area contributed by atoms with Crippen molar-refractivity contribution in [3.8, 4) is 0 Å². The molecule has 0 bridgehead atoms. The van der Waals surface area contributed by atoms with E-state index in [2.05, 4.69) is 20.9 Å². The Balaban J connectivity index is 2.01. The third-order valence-corrected chi connectivity index (χ3v) is 4.27. The van der Waals surface area contributed by atoms with E-state index in [1.54, 1.807) is 11.0 Å². The van der Waals surface area contributed by atoms with Crippen LogP contribution in [0.2, 0.25) is 0 Å². The van der Waals surface area contributed by atoms with Gasteiger partial charge in [0.15, 0.2) is 0 Å². The molecule has 0 spiro atoms. The van der Waals surface area contributed by atoms with E-state index in [-0.39, 0.29) is 29.1 Å². The molecule has 2 heterocycles. The van der Waals surface area contributed by atoms with Crippen LogP contribution >= 0.6 is 15.9 Å². The minimum absolute atomic E-state index is 0.0265. The predicted molar refractivity (Wildman–Crippen MR) is 88.2 cm³/mol. The minimum atomic E-state index is -0.245. The Morgan fingerprint density at radius 1 is 1.32 bits per heavy atom. The van der Waals surface area contributed by atoms with Crippen LogP contribution in [-0.2, 0) is 4.74 Å². The number of aromatic amines is 1. The number of benzene rings is 1. The van der Waals surface area contributed by atoms with Gasteiger partial charge in [0.25, 0.3) is 5.91 Å². The highest BCUT2D eigenvalue weighted by molar-refractivity contribution is 9.10. The lowest BCUT2D eigenvalue weighted by molar-refractivity contribution is -0.0586. The van der Waals surface area contributed by atoms with Crippen LogP contribution < -0.4 is 5.43 Å². The molecule has 1 amide bonds. The van der Waals surface area contributed by atoms with Gasteiger partial charge in [0, 0.05) is 34.7 Å². The maximum Gasteiger partial charge on any atom is 0.259 e. The Bertz CT molecular complexity index is 777. The number of amides is 1. The predicted octanol–water partition coefficient (Wildman–Crippen LogP) is 2.54. The molecule has 1 aliphatic rings. The van der Waals surface area contributed by atoms with Crippen molar-refractivity contribution in [2.45, 2.75) is 26.1 Å². The summed E-state index contributed by atoms with van der Waals surface area (Å²) in [4.78, 5) is 30.0. The number of carbonyl (C=O) groups excluding carboxylic acids is 1. The number of nitrogens with one attached hydrogen (secondary N) is 1. The van der Waals surface area contributed by atoms with Crippen molar-refractivity contribution < 1.29 is 9.53 Å². The fourth-order valence-electron chi connectivity index (χ4n) is 2.86. The lowest BCUT2D eigenvalue weighted by Gasteiger charge is -2.35. The topological polar surface area (TPSA) is 62.4 Å². The number of nitrogens with zero attached hydrogens (tertiary/aromatic N) is 1. The largest absolute Gasteiger partial charge is 0.372 e. The van der Waals surface area contributed by atoms with Crippen molar-refractivity contribution in [1.82, 2.24) is 9.88 Å². The summed E-state index contributed by atoms with van der Waals surface area (Å²) < 4.78 is 6.44.